The molecule has 0 radical (unpaired) electrons. The minimum atomic E-state index is 0.0567. The van der Waals surface area contributed by atoms with Gasteiger partial charge in [-0.25, -0.2) is 0 Å². The summed E-state index contributed by atoms with van der Waals surface area (Å²) in [6, 6.07) is 5.76. The van der Waals surface area contributed by atoms with E-state index < -0.39 is 0 Å². The summed E-state index contributed by atoms with van der Waals surface area (Å²) in [6.45, 7) is 5.77. The number of Topliss-reactive ketones (excluding diaryl/α,β-unsaturated/α-hetero) is 1. The van der Waals surface area contributed by atoms with Gasteiger partial charge in [0.25, 0.3) is 0 Å². The van der Waals surface area contributed by atoms with Gasteiger partial charge >= 0.3 is 0 Å². The summed E-state index contributed by atoms with van der Waals surface area (Å²) in [5.74, 6) is 0.0567. The molecular weight excluding hydrogens is 288 g/mol. The monoisotopic (exact) mass is 304 g/mol. The van der Waals surface area contributed by atoms with Gasteiger partial charge in [-0.1, -0.05) is 23.7 Å². The van der Waals surface area contributed by atoms with Crippen LogP contribution in [0.25, 0.3) is 0 Å². The first-order valence-electron chi connectivity index (χ1n) is 7.04. The molecule has 0 saturated heterocycles. The molecule has 0 spiro atoms. The van der Waals surface area contributed by atoms with Crippen molar-refractivity contribution in [2.75, 3.05) is 0 Å². The van der Waals surface area contributed by atoms with Crippen LogP contribution in [0, 0.1) is 6.92 Å². The second-order valence-electron chi connectivity index (χ2n) is 5.24. The molecule has 3 rings (SSSR count). The van der Waals surface area contributed by atoms with Crippen LogP contribution in [0.15, 0.2) is 18.2 Å². The molecule has 0 bridgehead atoms. The molecule has 1 aromatic heterocycles. The summed E-state index contributed by atoms with van der Waals surface area (Å²) >= 11 is 6.26. The van der Waals surface area contributed by atoms with E-state index in [-0.39, 0.29) is 12.2 Å². The molecule has 110 valence electrons. The van der Waals surface area contributed by atoms with E-state index in [9.17, 15) is 4.79 Å². The number of carbonyl (C=O) groups is 1. The van der Waals surface area contributed by atoms with Crippen LogP contribution in [0.5, 0.6) is 0 Å². The zero-order chi connectivity index (χ0) is 15.0. The fourth-order valence-corrected chi connectivity index (χ4v) is 2.84. The normalized spacial score (nSPS) is 13.5. The SMILES string of the molecule is CCn1nc(C)c(Cl)c1CC(=O)c1ccc2c(c1)COC2. The third-order valence-corrected chi connectivity index (χ3v) is 4.32. The minimum Gasteiger partial charge on any atom is -0.372 e. The van der Waals surface area contributed by atoms with E-state index in [1.165, 1.54) is 5.56 Å². The van der Waals surface area contributed by atoms with Crippen molar-refractivity contribution < 1.29 is 9.53 Å². The highest BCUT2D eigenvalue weighted by molar-refractivity contribution is 6.32. The smallest absolute Gasteiger partial charge is 0.168 e. The van der Waals surface area contributed by atoms with E-state index in [2.05, 4.69) is 5.10 Å². The Labute approximate surface area is 128 Å². The van der Waals surface area contributed by atoms with Crippen LogP contribution >= 0.6 is 11.6 Å². The van der Waals surface area contributed by atoms with Crippen molar-refractivity contribution in [2.24, 2.45) is 0 Å². The van der Waals surface area contributed by atoms with E-state index in [1.54, 1.807) is 4.68 Å². The average molecular weight is 305 g/mol. The van der Waals surface area contributed by atoms with Gasteiger partial charge in [0, 0.05) is 12.1 Å². The Morgan fingerprint density at radius 3 is 2.90 bits per heavy atom. The summed E-state index contributed by atoms with van der Waals surface area (Å²) in [4.78, 5) is 12.5. The zero-order valence-electron chi connectivity index (χ0n) is 12.1. The van der Waals surface area contributed by atoms with E-state index >= 15 is 0 Å². The number of benzene rings is 1. The van der Waals surface area contributed by atoms with Gasteiger partial charge in [-0.05, 0) is 31.0 Å². The number of rotatable bonds is 4. The first-order valence-corrected chi connectivity index (χ1v) is 7.42. The number of ketones is 1. The summed E-state index contributed by atoms with van der Waals surface area (Å²) in [6.07, 6.45) is 0.271. The third kappa shape index (κ3) is 2.61. The van der Waals surface area contributed by atoms with Gasteiger partial charge in [-0.3, -0.25) is 9.48 Å². The Morgan fingerprint density at radius 2 is 2.14 bits per heavy atom. The second kappa shape index (κ2) is 5.62. The largest absolute Gasteiger partial charge is 0.372 e. The predicted octanol–water partition coefficient (Wildman–Crippen LogP) is 3.32. The fraction of sp³-hybridized carbons (Fsp3) is 0.375. The standard InChI is InChI=1S/C16H17ClN2O2/c1-3-19-14(16(17)10(2)18-19)7-15(20)11-4-5-12-8-21-9-13(12)6-11/h4-6H,3,7-9H2,1-2H3. The number of aromatic nitrogens is 2. The first kappa shape index (κ1) is 14.3. The number of halogens is 1. The van der Waals surface area contributed by atoms with Crippen LogP contribution in [0.2, 0.25) is 5.02 Å². The van der Waals surface area contributed by atoms with Crippen molar-refractivity contribution in [3.8, 4) is 0 Å². The lowest BCUT2D eigenvalue weighted by atomic mass is 10.0. The van der Waals surface area contributed by atoms with Crippen LogP contribution in [0.3, 0.4) is 0 Å². The van der Waals surface area contributed by atoms with Crippen LogP contribution in [-0.4, -0.2) is 15.6 Å². The van der Waals surface area contributed by atoms with E-state index in [1.807, 2.05) is 32.0 Å². The predicted molar refractivity (Wildman–Crippen MR) is 80.6 cm³/mol. The van der Waals surface area contributed by atoms with Gasteiger partial charge in [0.15, 0.2) is 5.78 Å². The average Bonchev–Trinajstić information content (AvgIpc) is 3.05. The molecular formula is C16H17ClN2O2. The van der Waals surface area contributed by atoms with E-state index in [4.69, 9.17) is 16.3 Å². The summed E-state index contributed by atoms with van der Waals surface area (Å²) in [7, 11) is 0. The number of hydrogen-bond acceptors (Lipinski definition) is 3. The van der Waals surface area contributed by atoms with Gasteiger partial charge in [0.2, 0.25) is 0 Å². The van der Waals surface area contributed by atoms with Gasteiger partial charge in [0.05, 0.1) is 36.0 Å². The van der Waals surface area contributed by atoms with Crippen molar-refractivity contribution in [3.05, 3.63) is 51.3 Å². The fourth-order valence-electron chi connectivity index (χ4n) is 2.64. The molecule has 0 saturated carbocycles. The van der Waals surface area contributed by atoms with Crippen LogP contribution in [0.1, 0.15) is 39.8 Å². The molecule has 2 heterocycles. The molecule has 4 nitrogen and oxygen atoms in total. The molecule has 0 atom stereocenters. The van der Waals surface area contributed by atoms with Crippen molar-refractivity contribution >= 4 is 17.4 Å². The van der Waals surface area contributed by atoms with E-state index in [0.717, 1.165) is 17.0 Å². The Bertz CT molecular complexity index is 707. The summed E-state index contributed by atoms with van der Waals surface area (Å²) in [5, 5.41) is 4.94. The number of aryl methyl sites for hydroxylation is 2. The minimum absolute atomic E-state index is 0.0567. The van der Waals surface area contributed by atoms with Gasteiger partial charge in [-0.2, -0.15) is 5.10 Å². The van der Waals surface area contributed by atoms with Crippen LogP contribution in [-0.2, 0) is 30.9 Å². The lowest BCUT2D eigenvalue weighted by molar-refractivity contribution is 0.0990. The maximum Gasteiger partial charge on any atom is 0.168 e. The lowest BCUT2D eigenvalue weighted by Crippen LogP contribution is -2.10. The molecule has 21 heavy (non-hydrogen) atoms. The molecule has 1 aliphatic heterocycles. The number of fused-ring (bicyclic) bond motifs is 1. The molecule has 1 aromatic carbocycles. The molecule has 0 unspecified atom stereocenters. The molecule has 0 fully saturated rings. The Balaban J connectivity index is 1.87. The molecule has 0 amide bonds. The quantitative estimate of drug-likeness (QED) is 0.814. The van der Waals surface area contributed by atoms with Crippen molar-refractivity contribution in [3.63, 3.8) is 0 Å². The molecule has 1 aliphatic rings. The second-order valence-corrected chi connectivity index (χ2v) is 5.62. The Morgan fingerprint density at radius 1 is 1.38 bits per heavy atom. The van der Waals surface area contributed by atoms with Crippen LogP contribution < -0.4 is 0 Å². The Kier molecular flexibility index (Phi) is 3.83. The maximum absolute atomic E-state index is 12.5. The number of ether oxygens (including phenoxy) is 1. The maximum atomic E-state index is 12.5. The Hall–Kier alpha value is -1.65. The van der Waals surface area contributed by atoms with Crippen molar-refractivity contribution in [1.82, 2.24) is 9.78 Å². The zero-order valence-corrected chi connectivity index (χ0v) is 12.9. The highest BCUT2D eigenvalue weighted by atomic mass is 35.5. The third-order valence-electron chi connectivity index (χ3n) is 3.82. The van der Waals surface area contributed by atoms with Gasteiger partial charge in [0.1, 0.15) is 0 Å². The number of carbonyl (C=O) groups excluding carboxylic acids is 1. The molecule has 5 heteroatoms. The van der Waals surface area contributed by atoms with Gasteiger partial charge < -0.3 is 4.74 Å². The van der Waals surface area contributed by atoms with Crippen molar-refractivity contribution in [2.45, 2.75) is 40.0 Å². The molecule has 0 aliphatic carbocycles. The highest BCUT2D eigenvalue weighted by Gasteiger charge is 2.19. The van der Waals surface area contributed by atoms with Crippen LogP contribution in [0.4, 0.5) is 0 Å². The first-order chi connectivity index (χ1) is 10.1. The summed E-state index contributed by atoms with van der Waals surface area (Å²) in [5.41, 5.74) is 4.53. The topological polar surface area (TPSA) is 44.1 Å². The number of nitrogens with zero attached hydrogens (tertiary/aromatic N) is 2. The van der Waals surface area contributed by atoms with Crippen molar-refractivity contribution in [1.29, 1.82) is 0 Å². The summed E-state index contributed by atoms with van der Waals surface area (Å²) < 4.78 is 7.18. The van der Waals surface area contributed by atoms with E-state index in [0.29, 0.717) is 30.3 Å². The lowest BCUT2D eigenvalue weighted by Gasteiger charge is -2.06. The molecule has 0 N–H and O–H groups in total. The highest BCUT2D eigenvalue weighted by Crippen LogP contribution is 2.24. The molecule has 2 aromatic rings. The van der Waals surface area contributed by atoms with Gasteiger partial charge in [-0.15, -0.1) is 0 Å². The number of hydrogen-bond donors (Lipinski definition) is 0.